The average Bonchev–Trinajstić information content (AvgIpc) is 3.89. The maximum Gasteiger partial charge on any atom is 0.320 e. The van der Waals surface area contributed by atoms with E-state index in [0.717, 1.165) is 62.3 Å². The van der Waals surface area contributed by atoms with Crippen LogP contribution in [0.1, 0.15) is 79.6 Å². The fourth-order valence-corrected chi connectivity index (χ4v) is 11.1. The van der Waals surface area contributed by atoms with Crippen molar-refractivity contribution in [2.45, 2.75) is 104 Å². The number of aliphatic hydroxyl groups is 1. The molecule has 1 amide bonds. The lowest BCUT2D eigenvalue weighted by molar-refractivity contribution is -0.207. The fraction of sp³-hybridized carbons (Fsp3) is 0.750. The number of aromatic nitrogens is 4. The van der Waals surface area contributed by atoms with Gasteiger partial charge < -0.3 is 29.5 Å². The van der Waals surface area contributed by atoms with Gasteiger partial charge in [-0.3, -0.25) is 19.3 Å². The number of nitrogens with zero attached hydrogens (tertiary/aromatic N) is 7. The van der Waals surface area contributed by atoms with E-state index in [4.69, 9.17) is 4.74 Å². The summed E-state index contributed by atoms with van der Waals surface area (Å²) >= 11 is 0. The highest BCUT2D eigenvalue weighted by molar-refractivity contribution is 5.86. The van der Waals surface area contributed by atoms with Gasteiger partial charge in [-0.2, -0.15) is 0 Å². The number of carbonyl (C=O) groups excluding carboxylic acids is 3. The molecule has 3 saturated carbocycles. The standard InChI is InChI=1S/C40H60N8O5.2ClH/c1-7-38(5)21-30(39(6)26(3)9-13-40(27(4)35(38)52)14-10-29(49)34(39)40)53-32(51)23-45-17-19-46(20-18-45)31(50)12-16-48-25-44-33-36(42-24-43-37(33)48)47-15-11-28(22-47)41-8-2;;/h7,24-28,30,34-35,41,52H,1,8-23H2,2-6H3;2*1H/t26-,27+,28?,30-,34-,35+,38-,39+,40+;;/m1../s1. The molecule has 2 aliphatic heterocycles. The maximum atomic E-state index is 13.8. The molecule has 5 fully saturated rings. The van der Waals surface area contributed by atoms with Crippen LogP contribution in [-0.4, -0.2) is 123 Å². The lowest BCUT2D eigenvalue weighted by Crippen LogP contribution is -2.63. The number of ether oxygens (including phenoxy) is 1. The number of hydrogen-bond acceptors (Lipinski definition) is 11. The number of piperazine rings is 1. The van der Waals surface area contributed by atoms with E-state index in [1.807, 2.05) is 22.5 Å². The van der Waals surface area contributed by atoms with E-state index >= 15 is 0 Å². The zero-order chi connectivity index (χ0) is 37.7. The minimum atomic E-state index is -0.692. The second-order valence-electron chi connectivity index (χ2n) is 17.3. The summed E-state index contributed by atoms with van der Waals surface area (Å²) in [5.41, 5.74) is -0.0125. The molecule has 2 aromatic heterocycles. The van der Waals surface area contributed by atoms with E-state index in [2.05, 4.69) is 64.3 Å². The summed E-state index contributed by atoms with van der Waals surface area (Å²) in [6.07, 6.45) is 8.89. The van der Waals surface area contributed by atoms with Gasteiger partial charge >= 0.3 is 5.97 Å². The fourth-order valence-electron chi connectivity index (χ4n) is 11.1. The molecular weight excluding hydrogens is 743 g/mol. The number of imidazole rings is 1. The molecule has 9 atom stereocenters. The smallest absolute Gasteiger partial charge is 0.320 e. The van der Waals surface area contributed by atoms with Crippen molar-refractivity contribution in [1.82, 2.24) is 34.6 Å². The Morgan fingerprint density at radius 2 is 1.82 bits per heavy atom. The van der Waals surface area contributed by atoms with Crippen molar-refractivity contribution in [2.75, 3.05) is 57.3 Å². The van der Waals surface area contributed by atoms with Crippen molar-refractivity contribution in [2.24, 2.45) is 34.0 Å². The molecule has 55 heavy (non-hydrogen) atoms. The SMILES string of the molecule is C=C[C@]1(C)C[C@@H](OC(=O)CN2CCN(C(=O)CCn3cnc4c(N5CCC(NCC)C5)ncnc43)CC2)[C@]2(C)[C@H](C)CC[C@]3(CCC(=O)[C@@H]32)[C@@H](C)[C@@H]1O.Cl.Cl. The first-order valence-electron chi connectivity index (χ1n) is 20.0. The van der Waals surface area contributed by atoms with Gasteiger partial charge in [0.15, 0.2) is 17.0 Å². The molecule has 13 nitrogen and oxygen atoms in total. The lowest BCUT2D eigenvalue weighted by Gasteiger charge is -2.61. The minimum Gasteiger partial charge on any atom is -0.461 e. The van der Waals surface area contributed by atoms with E-state index in [-0.39, 0.29) is 72.2 Å². The van der Waals surface area contributed by atoms with Crippen molar-refractivity contribution >= 4 is 59.5 Å². The number of halogens is 2. The molecule has 1 unspecified atom stereocenters. The number of aryl methyl sites for hydroxylation is 1. The normalized spacial score (nSPS) is 35.0. The van der Waals surface area contributed by atoms with Crippen molar-refractivity contribution in [3.8, 4) is 0 Å². The van der Waals surface area contributed by atoms with Crippen LogP contribution in [-0.2, 0) is 25.7 Å². The van der Waals surface area contributed by atoms with Crippen molar-refractivity contribution in [1.29, 1.82) is 0 Å². The van der Waals surface area contributed by atoms with Gasteiger partial charge in [-0.15, -0.1) is 31.4 Å². The van der Waals surface area contributed by atoms with Crippen LogP contribution in [0, 0.1) is 34.0 Å². The number of Topliss-reactive ketones (excluding diaryl/α,β-unsaturated/α-hetero) is 1. The van der Waals surface area contributed by atoms with Gasteiger partial charge in [-0.1, -0.05) is 40.7 Å². The van der Waals surface area contributed by atoms with Gasteiger partial charge in [0, 0.05) is 81.4 Å². The quantitative estimate of drug-likeness (QED) is 0.262. The predicted molar refractivity (Wildman–Crippen MR) is 216 cm³/mol. The first kappa shape index (κ1) is 43.3. The summed E-state index contributed by atoms with van der Waals surface area (Å²) in [7, 11) is 0. The van der Waals surface area contributed by atoms with Crippen LogP contribution in [0.2, 0.25) is 0 Å². The molecule has 2 saturated heterocycles. The highest BCUT2D eigenvalue weighted by Gasteiger charge is 2.68. The van der Waals surface area contributed by atoms with E-state index in [1.54, 1.807) is 12.7 Å². The van der Waals surface area contributed by atoms with Crippen LogP contribution in [0.5, 0.6) is 0 Å². The molecule has 0 radical (unpaired) electrons. The average molecular weight is 806 g/mol. The molecule has 2 bridgehead atoms. The van der Waals surface area contributed by atoms with Crippen LogP contribution in [0.4, 0.5) is 5.82 Å². The molecular formula is C40H62Cl2N8O5. The molecule has 306 valence electrons. The van der Waals surface area contributed by atoms with Gasteiger partial charge in [0.25, 0.3) is 0 Å². The summed E-state index contributed by atoms with van der Waals surface area (Å²) in [5.74, 6) is 0.700. The Hall–Kier alpha value is -2.84. The number of anilines is 1. The first-order chi connectivity index (χ1) is 25.3. The molecule has 3 aliphatic carbocycles. The third-order valence-electron chi connectivity index (χ3n) is 14.6. The number of carbonyl (C=O) groups is 3. The number of aliphatic hydroxyl groups excluding tert-OH is 1. The minimum absolute atomic E-state index is 0. The molecule has 0 spiro atoms. The van der Waals surface area contributed by atoms with Gasteiger partial charge in [-0.05, 0) is 55.9 Å². The number of amides is 1. The maximum absolute atomic E-state index is 13.8. The highest BCUT2D eigenvalue weighted by Crippen LogP contribution is 2.68. The zero-order valence-electron chi connectivity index (χ0n) is 33.2. The summed E-state index contributed by atoms with van der Waals surface area (Å²) in [6.45, 7) is 20.3. The van der Waals surface area contributed by atoms with Crippen LogP contribution in [0.15, 0.2) is 25.3 Å². The van der Waals surface area contributed by atoms with E-state index < -0.39 is 23.0 Å². The van der Waals surface area contributed by atoms with Crippen LogP contribution < -0.4 is 10.2 Å². The number of hydrogen-bond donors (Lipinski definition) is 2. The van der Waals surface area contributed by atoms with E-state index in [0.29, 0.717) is 58.0 Å². The Morgan fingerprint density at radius 3 is 2.53 bits per heavy atom. The number of nitrogens with one attached hydrogen (secondary N) is 1. The Bertz CT molecular complexity index is 1720. The Kier molecular flexibility index (Phi) is 13.3. The Balaban J connectivity index is 0.00000290. The zero-order valence-corrected chi connectivity index (χ0v) is 34.9. The first-order valence-corrected chi connectivity index (χ1v) is 20.0. The lowest BCUT2D eigenvalue weighted by atomic mass is 9.44. The molecule has 4 heterocycles. The Labute approximate surface area is 338 Å². The summed E-state index contributed by atoms with van der Waals surface area (Å²) in [4.78, 5) is 60.7. The van der Waals surface area contributed by atoms with Gasteiger partial charge in [0.2, 0.25) is 5.91 Å². The number of fused-ring (bicyclic) bond motifs is 1. The predicted octanol–water partition coefficient (Wildman–Crippen LogP) is 4.30. The number of esters is 1. The monoisotopic (exact) mass is 804 g/mol. The second-order valence-corrected chi connectivity index (χ2v) is 17.3. The number of rotatable bonds is 10. The van der Waals surface area contributed by atoms with Crippen LogP contribution >= 0.6 is 24.8 Å². The van der Waals surface area contributed by atoms with Crippen molar-refractivity contribution in [3.63, 3.8) is 0 Å². The van der Waals surface area contributed by atoms with Crippen molar-refractivity contribution in [3.05, 3.63) is 25.3 Å². The molecule has 5 aliphatic rings. The highest BCUT2D eigenvalue weighted by atomic mass is 35.5. The molecule has 7 rings (SSSR count). The summed E-state index contributed by atoms with van der Waals surface area (Å²) < 4.78 is 8.41. The van der Waals surface area contributed by atoms with Crippen LogP contribution in [0.25, 0.3) is 11.2 Å². The second kappa shape index (κ2) is 16.9. The topological polar surface area (TPSA) is 146 Å². The number of ketones is 1. The van der Waals surface area contributed by atoms with Crippen molar-refractivity contribution < 1.29 is 24.2 Å². The van der Waals surface area contributed by atoms with Gasteiger partial charge in [-0.25, -0.2) is 15.0 Å². The summed E-state index contributed by atoms with van der Waals surface area (Å²) in [5, 5.41) is 15.3. The molecule has 0 aromatic carbocycles. The van der Waals surface area contributed by atoms with Crippen LogP contribution in [0.3, 0.4) is 0 Å². The largest absolute Gasteiger partial charge is 0.461 e. The van der Waals surface area contributed by atoms with E-state index in [1.165, 1.54) is 0 Å². The van der Waals surface area contributed by atoms with Gasteiger partial charge in [0.1, 0.15) is 18.2 Å². The Morgan fingerprint density at radius 1 is 1.07 bits per heavy atom. The third kappa shape index (κ3) is 7.65. The number of likely N-dealkylation sites (N-methyl/N-ethyl adjacent to an activating group) is 1. The van der Waals surface area contributed by atoms with E-state index in [9.17, 15) is 19.5 Å². The summed E-state index contributed by atoms with van der Waals surface area (Å²) in [6, 6.07) is 0.438. The van der Waals surface area contributed by atoms with Gasteiger partial charge in [0.05, 0.1) is 19.0 Å². The molecule has 15 heteroatoms. The molecule has 2 aromatic rings. The molecule has 2 N–H and O–H groups in total. The third-order valence-corrected chi connectivity index (χ3v) is 14.6.